The van der Waals surface area contributed by atoms with Crippen LogP contribution in [0.5, 0.6) is 0 Å². The van der Waals surface area contributed by atoms with E-state index in [4.69, 9.17) is 5.14 Å². The Hall–Kier alpha value is -1.40. The third-order valence-electron chi connectivity index (χ3n) is 2.82. The van der Waals surface area contributed by atoms with Crippen LogP contribution in [0.15, 0.2) is 23.1 Å². The van der Waals surface area contributed by atoms with E-state index in [0.29, 0.717) is 24.1 Å². The fourth-order valence-electron chi connectivity index (χ4n) is 1.61. The smallest absolute Gasteiger partial charge is 0.253 e. The van der Waals surface area contributed by atoms with Crippen LogP contribution in [0.4, 0.5) is 0 Å². The average molecular weight is 270 g/mol. The van der Waals surface area contributed by atoms with Crippen LogP contribution in [-0.4, -0.2) is 32.8 Å². The number of carbonyl (C=O) groups is 1. The van der Waals surface area contributed by atoms with Crippen LogP contribution in [0.1, 0.15) is 29.8 Å². The van der Waals surface area contributed by atoms with Crippen molar-refractivity contribution >= 4 is 15.9 Å². The van der Waals surface area contributed by atoms with Crippen molar-refractivity contribution in [3.8, 4) is 0 Å². The van der Waals surface area contributed by atoms with Gasteiger partial charge in [-0.2, -0.15) is 0 Å². The molecule has 0 heterocycles. The highest BCUT2D eigenvalue weighted by atomic mass is 32.2. The first-order valence-electron chi connectivity index (χ1n) is 5.72. The second-order valence-corrected chi connectivity index (χ2v) is 5.57. The lowest BCUT2D eigenvalue weighted by Crippen LogP contribution is -2.26. The highest BCUT2D eigenvalue weighted by Gasteiger charge is 2.17. The quantitative estimate of drug-likeness (QED) is 0.886. The average Bonchev–Trinajstić information content (AvgIpc) is 2.35. The Labute approximate surface area is 108 Å². The second-order valence-electron chi connectivity index (χ2n) is 4.04. The van der Waals surface area contributed by atoms with Crippen molar-refractivity contribution in [3.63, 3.8) is 0 Å². The summed E-state index contributed by atoms with van der Waals surface area (Å²) in [5.41, 5.74) is 0.953. The van der Waals surface area contributed by atoms with E-state index in [2.05, 4.69) is 0 Å². The van der Waals surface area contributed by atoms with E-state index in [0.717, 1.165) is 0 Å². The van der Waals surface area contributed by atoms with Crippen molar-refractivity contribution in [2.75, 3.05) is 13.6 Å². The fourth-order valence-corrected chi connectivity index (χ4v) is 2.48. The monoisotopic (exact) mass is 270 g/mol. The highest BCUT2D eigenvalue weighted by molar-refractivity contribution is 7.89. The third-order valence-corrected chi connectivity index (χ3v) is 3.82. The Morgan fingerprint density at radius 2 is 1.94 bits per heavy atom. The molecule has 0 saturated carbocycles. The van der Waals surface area contributed by atoms with Gasteiger partial charge in [-0.1, -0.05) is 13.0 Å². The molecule has 0 aliphatic carbocycles. The van der Waals surface area contributed by atoms with Gasteiger partial charge in [-0.25, -0.2) is 13.6 Å². The van der Waals surface area contributed by atoms with Crippen molar-refractivity contribution in [2.45, 2.75) is 25.2 Å². The summed E-state index contributed by atoms with van der Waals surface area (Å²) in [5, 5.41) is 5.16. The zero-order valence-corrected chi connectivity index (χ0v) is 11.6. The molecule has 0 atom stereocenters. The second kappa shape index (κ2) is 5.49. The SMILES string of the molecule is CCc1ccc(C(=O)N(C)CC)cc1S(N)(=O)=O. The van der Waals surface area contributed by atoms with Crippen molar-refractivity contribution in [2.24, 2.45) is 5.14 Å². The number of benzene rings is 1. The first-order valence-corrected chi connectivity index (χ1v) is 7.27. The molecule has 1 amide bonds. The van der Waals surface area contributed by atoms with E-state index in [1.165, 1.54) is 11.0 Å². The van der Waals surface area contributed by atoms with Gasteiger partial charge in [-0.05, 0) is 31.0 Å². The van der Waals surface area contributed by atoms with Crippen LogP contribution in [-0.2, 0) is 16.4 Å². The maximum Gasteiger partial charge on any atom is 0.253 e. The highest BCUT2D eigenvalue weighted by Crippen LogP contribution is 2.18. The van der Waals surface area contributed by atoms with Gasteiger partial charge < -0.3 is 4.90 Å². The minimum absolute atomic E-state index is 0.0281. The van der Waals surface area contributed by atoms with Crippen molar-refractivity contribution in [1.29, 1.82) is 0 Å². The summed E-state index contributed by atoms with van der Waals surface area (Å²) in [6, 6.07) is 4.61. The standard InChI is InChI=1S/C12H18N2O3S/c1-4-9-6-7-10(12(15)14(3)5-2)8-11(9)18(13,16)17/h6-8H,4-5H2,1-3H3,(H2,13,16,17). The van der Waals surface area contributed by atoms with E-state index in [1.54, 1.807) is 19.2 Å². The lowest BCUT2D eigenvalue weighted by atomic mass is 10.1. The minimum Gasteiger partial charge on any atom is -0.342 e. The van der Waals surface area contributed by atoms with Crippen molar-refractivity contribution in [3.05, 3.63) is 29.3 Å². The number of nitrogens with two attached hydrogens (primary N) is 1. The van der Waals surface area contributed by atoms with Gasteiger partial charge in [-0.15, -0.1) is 0 Å². The minimum atomic E-state index is -3.80. The van der Waals surface area contributed by atoms with Gasteiger partial charge in [0.25, 0.3) is 5.91 Å². The summed E-state index contributed by atoms with van der Waals surface area (Å²) in [6.07, 6.45) is 0.545. The van der Waals surface area contributed by atoms with E-state index in [1.807, 2.05) is 13.8 Å². The van der Waals surface area contributed by atoms with Crippen LogP contribution < -0.4 is 5.14 Å². The molecule has 18 heavy (non-hydrogen) atoms. The molecule has 1 rings (SSSR count). The molecule has 0 spiro atoms. The summed E-state index contributed by atoms with van der Waals surface area (Å²) in [7, 11) is -2.15. The third kappa shape index (κ3) is 3.08. The summed E-state index contributed by atoms with van der Waals surface area (Å²) < 4.78 is 23.0. The fraction of sp³-hybridized carbons (Fsp3) is 0.417. The van der Waals surface area contributed by atoms with Crippen LogP contribution in [0, 0.1) is 0 Å². The van der Waals surface area contributed by atoms with Gasteiger partial charge in [0, 0.05) is 19.2 Å². The molecule has 2 N–H and O–H groups in total. The van der Waals surface area contributed by atoms with Crippen LogP contribution >= 0.6 is 0 Å². The number of aryl methyl sites for hydroxylation is 1. The Balaban J connectivity index is 3.32. The molecule has 0 radical (unpaired) electrons. The van der Waals surface area contributed by atoms with E-state index in [-0.39, 0.29) is 10.8 Å². The maximum atomic E-state index is 11.9. The molecule has 6 heteroatoms. The summed E-state index contributed by atoms with van der Waals surface area (Å²) >= 11 is 0. The van der Waals surface area contributed by atoms with E-state index >= 15 is 0 Å². The molecule has 0 fully saturated rings. The van der Waals surface area contributed by atoms with Gasteiger partial charge >= 0.3 is 0 Å². The van der Waals surface area contributed by atoms with Gasteiger partial charge in [0.05, 0.1) is 4.90 Å². The maximum absolute atomic E-state index is 11.9. The first kappa shape index (κ1) is 14.7. The molecular weight excluding hydrogens is 252 g/mol. The summed E-state index contributed by atoms with van der Waals surface area (Å²) in [6.45, 7) is 4.24. The molecule has 0 unspecified atom stereocenters. The molecule has 5 nitrogen and oxygen atoms in total. The molecule has 0 aliphatic heterocycles. The Bertz CT molecular complexity index is 552. The van der Waals surface area contributed by atoms with Crippen LogP contribution in [0.2, 0.25) is 0 Å². The number of carbonyl (C=O) groups excluding carboxylic acids is 1. The van der Waals surface area contributed by atoms with Gasteiger partial charge in [0.2, 0.25) is 10.0 Å². The predicted molar refractivity (Wildman–Crippen MR) is 69.8 cm³/mol. The largest absolute Gasteiger partial charge is 0.342 e. The molecule has 0 saturated heterocycles. The lowest BCUT2D eigenvalue weighted by molar-refractivity contribution is 0.0802. The number of nitrogens with zero attached hydrogens (tertiary/aromatic N) is 1. The number of rotatable bonds is 4. The molecule has 0 bridgehead atoms. The van der Waals surface area contributed by atoms with Crippen molar-refractivity contribution in [1.82, 2.24) is 4.90 Å². The number of primary sulfonamides is 1. The van der Waals surface area contributed by atoms with E-state index < -0.39 is 10.0 Å². The molecule has 0 aromatic heterocycles. The first-order chi connectivity index (χ1) is 8.31. The Kier molecular flexibility index (Phi) is 4.48. The molecule has 100 valence electrons. The van der Waals surface area contributed by atoms with E-state index in [9.17, 15) is 13.2 Å². The number of hydrogen-bond acceptors (Lipinski definition) is 3. The predicted octanol–water partition coefficient (Wildman–Crippen LogP) is 0.988. The number of sulfonamides is 1. The topological polar surface area (TPSA) is 80.5 Å². The Morgan fingerprint density at radius 1 is 1.33 bits per heavy atom. The van der Waals surface area contributed by atoms with Gasteiger partial charge in [0.1, 0.15) is 0 Å². The summed E-state index contributed by atoms with van der Waals surface area (Å²) in [4.78, 5) is 13.5. The molecule has 1 aromatic rings. The normalized spacial score (nSPS) is 11.3. The van der Waals surface area contributed by atoms with Crippen molar-refractivity contribution < 1.29 is 13.2 Å². The number of amides is 1. The molecule has 1 aromatic carbocycles. The zero-order valence-electron chi connectivity index (χ0n) is 10.8. The zero-order chi connectivity index (χ0) is 13.9. The number of hydrogen-bond donors (Lipinski definition) is 1. The van der Waals surface area contributed by atoms with Crippen LogP contribution in [0.3, 0.4) is 0 Å². The molecular formula is C12H18N2O3S. The Morgan fingerprint density at radius 3 is 2.39 bits per heavy atom. The van der Waals surface area contributed by atoms with Gasteiger partial charge in [0.15, 0.2) is 0 Å². The van der Waals surface area contributed by atoms with Gasteiger partial charge in [-0.3, -0.25) is 4.79 Å². The van der Waals surface area contributed by atoms with Crippen LogP contribution in [0.25, 0.3) is 0 Å². The molecule has 0 aliphatic rings. The summed E-state index contributed by atoms with van der Waals surface area (Å²) in [5.74, 6) is -0.218. The lowest BCUT2D eigenvalue weighted by Gasteiger charge is -2.15.